The molecule has 0 saturated carbocycles. The number of aromatic nitrogens is 3. The van der Waals surface area contributed by atoms with Crippen molar-refractivity contribution in [1.82, 2.24) is 14.5 Å². The Bertz CT molecular complexity index is 767. The van der Waals surface area contributed by atoms with Crippen molar-refractivity contribution in [3.8, 4) is 5.69 Å². The molecule has 0 aliphatic heterocycles. The van der Waals surface area contributed by atoms with E-state index in [-0.39, 0.29) is 0 Å². The van der Waals surface area contributed by atoms with Crippen molar-refractivity contribution in [2.75, 3.05) is 5.88 Å². The summed E-state index contributed by atoms with van der Waals surface area (Å²) in [4.78, 5) is 8.95. The molecule has 0 radical (unpaired) electrons. The Morgan fingerprint density at radius 2 is 1.95 bits per heavy atom. The van der Waals surface area contributed by atoms with Gasteiger partial charge in [0.2, 0.25) is 0 Å². The maximum atomic E-state index is 6.32. The molecule has 0 saturated heterocycles. The van der Waals surface area contributed by atoms with E-state index in [0.29, 0.717) is 22.3 Å². The molecule has 0 aliphatic carbocycles. The average molecular weight is 327 g/mol. The van der Waals surface area contributed by atoms with Crippen molar-refractivity contribution in [2.45, 2.75) is 6.42 Å². The van der Waals surface area contributed by atoms with E-state index < -0.39 is 0 Å². The molecule has 2 heterocycles. The van der Waals surface area contributed by atoms with Crippen molar-refractivity contribution in [3.63, 3.8) is 0 Å². The Kier molecular flexibility index (Phi) is 3.83. The number of aryl methyl sites for hydroxylation is 1. The highest BCUT2D eigenvalue weighted by Crippen LogP contribution is 2.31. The number of rotatable bonds is 3. The van der Waals surface area contributed by atoms with Crippen molar-refractivity contribution < 1.29 is 0 Å². The van der Waals surface area contributed by atoms with Crippen LogP contribution in [0.4, 0.5) is 0 Å². The van der Waals surface area contributed by atoms with Gasteiger partial charge in [0.25, 0.3) is 0 Å². The molecule has 3 rings (SSSR count). The predicted octanol–water partition coefficient (Wildman–Crippen LogP) is 4.51. The Balaban J connectivity index is 2.33. The number of benzene rings is 1. The van der Waals surface area contributed by atoms with E-state index >= 15 is 0 Å². The summed E-state index contributed by atoms with van der Waals surface area (Å²) in [7, 11) is 0. The second-order valence-electron chi connectivity index (χ2n) is 4.22. The van der Waals surface area contributed by atoms with Gasteiger partial charge in [-0.25, -0.2) is 9.97 Å². The first kappa shape index (κ1) is 13.7. The van der Waals surface area contributed by atoms with Crippen molar-refractivity contribution in [2.24, 2.45) is 0 Å². The summed E-state index contributed by atoms with van der Waals surface area (Å²) >= 11 is 18.3. The second kappa shape index (κ2) is 5.60. The number of hydrogen-bond donors (Lipinski definition) is 0. The molecule has 0 amide bonds. The Hall–Kier alpha value is -1.29. The van der Waals surface area contributed by atoms with Crippen LogP contribution in [0.5, 0.6) is 0 Å². The Labute approximate surface area is 131 Å². The molecule has 0 spiro atoms. The number of fused-ring (bicyclic) bond motifs is 1. The van der Waals surface area contributed by atoms with Gasteiger partial charge in [0, 0.05) is 18.5 Å². The highest BCUT2D eigenvalue weighted by atomic mass is 35.5. The lowest BCUT2D eigenvalue weighted by molar-refractivity contribution is 0.905. The molecule has 20 heavy (non-hydrogen) atoms. The molecule has 0 atom stereocenters. The number of nitrogens with zero attached hydrogens (tertiary/aromatic N) is 3. The quantitative estimate of drug-likeness (QED) is 0.663. The number of alkyl halides is 1. The lowest BCUT2D eigenvalue weighted by atomic mass is 10.3. The predicted molar refractivity (Wildman–Crippen MR) is 83.3 cm³/mol. The van der Waals surface area contributed by atoms with Crippen LogP contribution in [0.2, 0.25) is 10.0 Å². The summed E-state index contributed by atoms with van der Waals surface area (Å²) < 4.78 is 1.91. The zero-order valence-electron chi connectivity index (χ0n) is 10.4. The topological polar surface area (TPSA) is 30.7 Å². The molecule has 3 nitrogen and oxygen atoms in total. The molecule has 2 aromatic heterocycles. The minimum Gasteiger partial charge on any atom is -0.279 e. The molecular weight excluding hydrogens is 317 g/mol. The fourth-order valence-electron chi connectivity index (χ4n) is 2.13. The van der Waals surface area contributed by atoms with Crippen LogP contribution >= 0.6 is 34.8 Å². The van der Waals surface area contributed by atoms with E-state index in [4.69, 9.17) is 34.8 Å². The zero-order valence-corrected chi connectivity index (χ0v) is 12.6. The molecule has 0 N–H and O–H groups in total. The van der Waals surface area contributed by atoms with Crippen LogP contribution in [0.25, 0.3) is 16.9 Å². The highest BCUT2D eigenvalue weighted by molar-refractivity contribution is 6.43. The van der Waals surface area contributed by atoms with Crippen LogP contribution in [0, 0.1) is 0 Å². The smallest absolute Gasteiger partial charge is 0.164 e. The fraction of sp³-hybridized carbons (Fsp3) is 0.143. The largest absolute Gasteiger partial charge is 0.279 e. The zero-order chi connectivity index (χ0) is 14.1. The lowest BCUT2D eigenvalue weighted by Crippen LogP contribution is -2.03. The SMILES string of the molecule is ClCCc1nc2cccnc2n1-c1cccc(Cl)c1Cl. The van der Waals surface area contributed by atoms with Gasteiger partial charge in [0.05, 0.1) is 15.7 Å². The monoisotopic (exact) mass is 325 g/mol. The standard InChI is InChI=1S/C14H10Cl3N3/c15-7-6-12-19-10-4-2-8-18-14(10)20(12)11-5-1-3-9(16)13(11)17/h1-5,8H,6-7H2. The summed E-state index contributed by atoms with van der Waals surface area (Å²) in [5.41, 5.74) is 2.32. The molecule has 3 aromatic rings. The van der Waals surface area contributed by atoms with Crippen molar-refractivity contribution in [3.05, 3.63) is 52.4 Å². The highest BCUT2D eigenvalue weighted by Gasteiger charge is 2.16. The number of halogens is 3. The summed E-state index contributed by atoms with van der Waals surface area (Å²) in [5.74, 6) is 1.29. The molecular formula is C14H10Cl3N3. The van der Waals surface area contributed by atoms with Gasteiger partial charge in [0.1, 0.15) is 11.3 Å². The van der Waals surface area contributed by atoms with Gasteiger partial charge < -0.3 is 0 Å². The van der Waals surface area contributed by atoms with E-state index in [9.17, 15) is 0 Å². The molecule has 0 bridgehead atoms. The van der Waals surface area contributed by atoms with E-state index in [0.717, 1.165) is 22.7 Å². The first-order chi connectivity index (χ1) is 9.72. The normalized spacial score (nSPS) is 11.2. The van der Waals surface area contributed by atoms with Gasteiger partial charge in [-0.05, 0) is 24.3 Å². The summed E-state index contributed by atoms with van der Waals surface area (Å²) in [6.45, 7) is 0. The summed E-state index contributed by atoms with van der Waals surface area (Å²) in [5, 5.41) is 0.980. The first-order valence-corrected chi connectivity index (χ1v) is 7.34. The van der Waals surface area contributed by atoms with Gasteiger partial charge in [-0.15, -0.1) is 11.6 Å². The van der Waals surface area contributed by atoms with Crippen LogP contribution in [-0.4, -0.2) is 20.4 Å². The molecule has 0 aliphatic rings. The molecule has 102 valence electrons. The summed E-state index contributed by atoms with van der Waals surface area (Å²) in [6.07, 6.45) is 2.35. The number of imidazole rings is 1. The molecule has 6 heteroatoms. The summed E-state index contributed by atoms with van der Waals surface area (Å²) in [6, 6.07) is 9.25. The first-order valence-electron chi connectivity index (χ1n) is 6.05. The van der Waals surface area contributed by atoms with Crippen molar-refractivity contribution >= 4 is 46.0 Å². The van der Waals surface area contributed by atoms with Gasteiger partial charge in [0.15, 0.2) is 5.65 Å². The van der Waals surface area contributed by atoms with E-state index in [1.54, 1.807) is 12.3 Å². The molecule has 1 aromatic carbocycles. The van der Waals surface area contributed by atoms with Gasteiger partial charge >= 0.3 is 0 Å². The van der Waals surface area contributed by atoms with E-state index in [1.807, 2.05) is 28.8 Å². The maximum absolute atomic E-state index is 6.32. The average Bonchev–Trinajstić information content (AvgIpc) is 2.80. The lowest BCUT2D eigenvalue weighted by Gasteiger charge is -2.10. The van der Waals surface area contributed by atoms with Gasteiger partial charge in [-0.3, -0.25) is 4.57 Å². The third-order valence-corrected chi connectivity index (χ3v) is 3.97. The van der Waals surface area contributed by atoms with Crippen LogP contribution < -0.4 is 0 Å². The van der Waals surface area contributed by atoms with Crippen molar-refractivity contribution in [1.29, 1.82) is 0 Å². The van der Waals surface area contributed by atoms with E-state index in [2.05, 4.69) is 9.97 Å². The number of hydrogen-bond acceptors (Lipinski definition) is 2. The maximum Gasteiger partial charge on any atom is 0.164 e. The Morgan fingerprint density at radius 1 is 1.10 bits per heavy atom. The van der Waals surface area contributed by atoms with Crippen LogP contribution in [-0.2, 0) is 6.42 Å². The van der Waals surface area contributed by atoms with Crippen LogP contribution in [0.1, 0.15) is 5.82 Å². The van der Waals surface area contributed by atoms with Gasteiger partial charge in [-0.2, -0.15) is 0 Å². The van der Waals surface area contributed by atoms with Gasteiger partial charge in [-0.1, -0.05) is 29.3 Å². The minimum atomic E-state index is 0.474. The Morgan fingerprint density at radius 3 is 2.75 bits per heavy atom. The number of pyridine rings is 1. The fourth-order valence-corrected chi connectivity index (χ4v) is 2.68. The van der Waals surface area contributed by atoms with Crippen LogP contribution in [0.3, 0.4) is 0 Å². The van der Waals surface area contributed by atoms with E-state index in [1.165, 1.54) is 0 Å². The van der Waals surface area contributed by atoms with Crippen LogP contribution in [0.15, 0.2) is 36.5 Å². The minimum absolute atomic E-state index is 0.474. The molecule has 0 fully saturated rings. The third-order valence-electron chi connectivity index (χ3n) is 2.98. The second-order valence-corrected chi connectivity index (χ2v) is 5.38. The molecule has 0 unspecified atom stereocenters. The third kappa shape index (κ3) is 2.26.